The molecular formula is C27H25N3O4S. The molecule has 2 amide bonds. The number of carbonyl (C=O) groups is 2. The van der Waals surface area contributed by atoms with Gasteiger partial charge < -0.3 is 20.1 Å². The largest absolute Gasteiger partial charge is 0.495 e. The van der Waals surface area contributed by atoms with Gasteiger partial charge in [-0.05, 0) is 55.5 Å². The van der Waals surface area contributed by atoms with Crippen molar-refractivity contribution in [2.45, 2.75) is 20.0 Å². The molecule has 0 aliphatic carbocycles. The van der Waals surface area contributed by atoms with E-state index in [9.17, 15) is 9.59 Å². The van der Waals surface area contributed by atoms with E-state index in [4.69, 9.17) is 9.47 Å². The highest BCUT2D eigenvalue weighted by atomic mass is 32.1. The van der Waals surface area contributed by atoms with Gasteiger partial charge in [0.05, 0.1) is 24.9 Å². The van der Waals surface area contributed by atoms with Crippen molar-refractivity contribution in [3.05, 3.63) is 100 Å². The zero-order chi connectivity index (χ0) is 24.6. The summed E-state index contributed by atoms with van der Waals surface area (Å²) in [7, 11) is 1.55. The summed E-state index contributed by atoms with van der Waals surface area (Å²) in [6.45, 7) is 2.38. The molecule has 1 heterocycles. The number of anilines is 2. The maximum Gasteiger partial charge on any atom is 0.255 e. The normalized spacial score (nSPS) is 10.5. The average Bonchev–Trinajstić information content (AvgIpc) is 3.31. The van der Waals surface area contributed by atoms with Gasteiger partial charge in [0.1, 0.15) is 23.1 Å². The fourth-order valence-electron chi connectivity index (χ4n) is 3.29. The van der Waals surface area contributed by atoms with E-state index in [-0.39, 0.29) is 18.2 Å². The predicted molar refractivity (Wildman–Crippen MR) is 137 cm³/mol. The van der Waals surface area contributed by atoms with Crippen molar-refractivity contribution in [2.75, 3.05) is 17.7 Å². The Kier molecular flexibility index (Phi) is 7.74. The zero-order valence-corrected chi connectivity index (χ0v) is 20.2. The van der Waals surface area contributed by atoms with Crippen LogP contribution in [0, 0.1) is 6.92 Å². The first kappa shape index (κ1) is 24.0. The third-order valence-corrected chi connectivity index (χ3v) is 5.98. The summed E-state index contributed by atoms with van der Waals surface area (Å²) in [4.78, 5) is 29.5. The van der Waals surface area contributed by atoms with E-state index in [1.165, 1.54) is 16.9 Å². The van der Waals surface area contributed by atoms with Crippen LogP contribution in [0.2, 0.25) is 0 Å². The van der Waals surface area contributed by atoms with E-state index in [1.54, 1.807) is 43.5 Å². The number of methoxy groups -OCH3 is 1. The molecule has 0 saturated heterocycles. The molecule has 0 radical (unpaired) electrons. The summed E-state index contributed by atoms with van der Waals surface area (Å²) >= 11 is 1.46. The van der Waals surface area contributed by atoms with Gasteiger partial charge in [-0.2, -0.15) is 0 Å². The number of nitrogens with zero attached hydrogens (tertiary/aromatic N) is 1. The van der Waals surface area contributed by atoms with Crippen molar-refractivity contribution in [3.8, 4) is 11.5 Å². The maximum absolute atomic E-state index is 12.5. The summed E-state index contributed by atoms with van der Waals surface area (Å²) in [5, 5.41) is 8.33. The fourth-order valence-corrected chi connectivity index (χ4v) is 4.00. The first-order chi connectivity index (χ1) is 17.0. The number of ether oxygens (including phenoxy) is 2. The Bertz CT molecular complexity index is 1300. The minimum absolute atomic E-state index is 0.150. The number of rotatable bonds is 9. The Morgan fingerprint density at radius 1 is 0.943 bits per heavy atom. The number of thiazole rings is 1. The number of carbonyl (C=O) groups excluding carboxylic acids is 2. The van der Waals surface area contributed by atoms with Gasteiger partial charge in [0, 0.05) is 16.6 Å². The molecule has 178 valence electrons. The smallest absolute Gasteiger partial charge is 0.255 e. The van der Waals surface area contributed by atoms with Crippen LogP contribution in [0.15, 0.2) is 78.2 Å². The average molecular weight is 488 g/mol. The summed E-state index contributed by atoms with van der Waals surface area (Å²) in [5.74, 6) is 0.907. The van der Waals surface area contributed by atoms with Gasteiger partial charge in [0.25, 0.3) is 5.91 Å². The van der Waals surface area contributed by atoms with Crippen LogP contribution in [-0.2, 0) is 17.8 Å². The van der Waals surface area contributed by atoms with Crippen molar-refractivity contribution in [3.63, 3.8) is 0 Å². The second kappa shape index (κ2) is 11.3. The molecular weight excluding hydrogens is 462 g/mol. The van der Waals surface area contributed by atoms with E-state index in [2.05, 4.69) is 15.6 Å². The fraction of sp³-hybridized carbons (Fsp3) is 0.148. The number of aromatic nitrogens is 1. The third kappa shape index (κ3) is 6.68. The van der Waals surface area contributed by atoms with Crippen LogP contribution in [-0.4, -0.2) is 23.9 Å². The highest BCUT2D eigenvalue weighted by Gasteiger charge is 2.11. The summed E-state index contributed by atoms with van der Waals surface area (Å²) in [6.07, 6.45) is 0.150. The molecule has 0 saturated carbocycles. The Labute approximate surface area is 207 Å². The maximum atomic E-state index is 12.5. The Balaban J connectivity index is 1.28. The standard InChI is InChI=1S/C27H25N3O4S/c1-18-7-13-22(14-8-18)34-16-26-29-21(17-35-26)15-25(31)28-20-11-9-19(10-12-20)27(32)30-23-5-3-4-6-24(23)33-2/h3-14,17H,15-16H2,1-2H3,(H,28,31)(H,30,32). The molecule has 4 aromatic rings. The van der Waals surface area contributed by atoms with Gasteiger partial charge >= 0.3 is 0 Å². The van der Waals surface area contributed by atoms with Crippen LogP contribution in [0.3, 0.4) is 0 Å². The molecule has 35 heavy (non-hydrogen) atoms. The molecule has 1 aromatic heterocycles. The van der Waals surface area contributed by atoms with Gasteiger partial charge in [-0.1, -0.05) is 29.8 Å². The molecule has 0 unspecified atom stereocenters. The summed E-state index contributed by atoms with van der Waals surface area (Å²) in [5.41, 5.74) is 3.51. The number of para-hydroxylation sites is 2. The van der Waals surface area contributed by atoms with Crippen LogP contribution >= 0.6 is 11.3 Å². The third-order valence-electron chi connectivity index (χ3n) is 5.11. The minimum Gasteiger partial charge on any atom is -0.495 e. The summed E-state index contributed by atoms with van der Waals surface area (Å²) < 4.78 is 11.0. The molecule has 4 rings (SSSR count). The first-order valence-corrected chi connectivity index (χ1v) is 11.8. The van der Waals surface area contributed by atoms with Crippen LogP contribution in [0.1, 0.15) is 26.6 Å². The lowest BCUT2D eigenvalue weighted by Crippen LogP contribution is -2.15. The van der Waals surface area contributed by atoms with E-state index < -0.39 is 0 Å². The molecule has 3 aromatic carbocycles. The lowest BCUT2D eigenvalue weighted by molar-refractivity contribution is -0.115. The van der Waals surface area contributed by atoms with Crippen molar-refractivity contribution in [1.82, 2.24) is 4.98 Å². The van der Waals surface area contributed by atoms with Gasteiger partial charge in [-0.15, -0.1) is 11.3 Å². The first-order valence-electron chi connectivity index (χ1n) is 11.0. The molecule has 0 spiro atoms. The quantitative estimate of drug-likeness (QED) is 0.327. The second-order valence-electron chi connectivity index (χ2n) is 7.79. The number of amides is 2. The van der Waals surface area contributed by atoms with Crippen molar-refractivity contribution < 1.29 is 19.1 Å². The highest BCUT2D eigenvalue weighted by molar-refractivity contribution is 7.09. The van der Waals surface area contributed by atoms with Gasteiger partial charge in [-0.3, -0.25) is 9.59 Å². The molecule has 0 fully saturated rings. The molecule has 0 bridgehead atoms. The molecule has 0 atom stereocenters. The van der Waals surface area contributed by atoms with Crippen LogP contribution < -0.4 is 20.1 Å². The second-order valence-corrected chi connectivity index (χ2v) is 8.73. The van der Waals surface area contributed by atoms with Crippen molar-refractivity contribution in [2.24, 2.45) is 0 Å². The summed E-state index contributed by atoms with van der Waals surface area (Å²) in [6, 6.07) is 21.7. The van der Waals surface area contributed by atoms with Crippen LogP contribution in [0.4, 0.5) is 11.4 Å². The van der Waals surface area contributed by atoms with Crippen LogP contribution in [0.25, 0.3) is 0 Å². The predicted octanol–water partition coefficient (Wildman–Crippen LogP) is 5.47. The minimum atomic E-state index is -0.268. The van der Waals surface area contributed by atoms with Crippen molar-refractivity contribution >= 4 is 34.5 Å². The Hall–Kier alpha value is -4.17. The number of hydrogen-bond acceptors (Lipinski definition) is 6. The SMILES string of the molecule is COc1ccccc1NC(=O)c1ccc(NC(=O)Cc2csc(COc3ccc(C)cc3)n2)cc1. The molecule has 0 aliphatic heterocycles. The zero-order valence-electron chi connectivity index (χ0n) is 19.4. The highest BCUT2D eigenvalue weighted by Crippen LogP contribution is 2.24. The van der Waals surface area contributed by atoms with Gasteiger partial charge in [0.15, 0.2) is 0 Å². The topological polar surface area (TPSA) is 89.6 Å². The van der Waals surface area contributed by atoms with E-state index in [0.29, 0.717) is 35.0 Å². The van der Waals surface area contributed by atoms with Gasteiger partial charge in [-0.25, -0.2) is 4.98 Å². The van der Waals surface area contributed by atoms with E-state index in [1.807, 2.05) is 48.7 Å². The van der Waals surface area contributed by atoms with Crippen LogP contribution in [0.5, 0.6) is 11.5 Å². The number of nitrogens with one attached hydrogen (secondary N) is 2. The molecule has 8 heteroatoms. The molecule has 7 nitrogen and oxygen atoms in total. The number of aryl methyl sites for hydroxylation is 1. The van der Waals surface area contributed by atoms with Crippen molar-refractivity contribution in [1.29, 1.82) is 0 Å². The Morgan fingerprint density at radius 2 is 1.69 bits per heavy atom. The monoisotopic (exact) mass is 487 g/mol. The van der Waals surface area contributed by atoms with E-state index >= 15 is 0 Å². The lowest BCUT2D eigenvalue weighted by atomic mass is 10.1. The number of hydrogen-bond donors (Lipinski definition) is 2. The van der Waals surface area contributed by atoms with Gasteiger partial charge in [0.2, 0.25) is 5.91 Å². The number of benzene rings is 3. The van der Waals surface area contributed by atoms with E-state index in [0.717, 1.165) is 10.8 Å². The molecule has 2 N–H and O–H groups in total. The molecule has 0 aliphatic rings. The lowest BCUT2D eigenvalue weighted by Gasteiger charge is -2.10. The Morgan fingerprint density at radius 3 is 2.43 bits per heavy atom.